The Hall–Kier alpha value is -2.71. The lowest BCUT2D eigenvalue weighted by Gasteiger charge is -2.12. The van der Waals surface area contributed by atoms with Gasteiger partial charge in [0.2, 0.25) is 0 Å². The van der Waals surface area contributed by atoms with Gasteiger partial charge in [0.05, 0.1) is 16.3 Å². The minimum Gasteiger partial charge on any atom is -0.319 e. The van der Waals surface area contributed by atoms with E-state index in [0.717, 1.165) is 0 Å². The summed E-state index contributed by atoms with van der Waals surface area (Å²) < 4.78 is 41.9. The highest BCUT2D eigenvalue weighted by Crippen LogP contribution is 2.23. The van der Waals surface area contributed by atoms with E-state index in [9.17, 15) is 17.6 Å². The van der Waals surface area contributed by atoms with Crippen LogP contribution in [0.3, 0.4) is 0 Å². The smallest absolute Gasteiger partial charge is 0.261 e. The third kappa shape index (κ3) is 4.58. The van der Waals surface area contributed by atoms with Gasteiger partial charge in [0, 0.05) is 10.0 Å². The molecule has 0 heterocycles. The van der Waals surface area contributed by atoms with Crippen LogP contribution in [0.15, 0.2) is 76.1 Å². The number of rotatable bonds is 5. The van der Waals surface area contributed by atoms with E-state index in [2.05, 4.69) is 26.0 Å². The average molecular weight is 463 g/mol. The van der Waals surface area contributed by atoms with Crippen LogP contribution in [0, 0.1) is 12.7 Å². The summed E-state index contributed by atoms with van der Waals surface area (Å²) in [5.41, 5.74) is 1.25. The van der Waals surface area contributed by atoms with Crippen molar-refractivity contribution in [2.75, 3.05) is 10.0 Å². The van der Waals surface area contributed by atoms with Crippen LogP contribution in [0.5, 0.6) is 0 Å². The molecule has 0 fully saturated rings. The standard InChI is InChI=1S/C20H16BrFN2O3S/c1-13-11-14(20(25)23-19-10-8-15(21)12-17(19)22)7-9-18(13)24-28(26,27)16-5-3-2-4-6-16/h2-12,24H,1H3,(H,23,25). The van der Waals surface area contributed by atoms with Crippen LogP contribution in [0.25, 0.3) is 0 Å². The van der Waals surface area contributed by atoms with Gasteiger partial charge in [-0.2, -0.15) is 0 Å². The molecule has 144 valence electrons. The van der Waals surface area contributed by atoms with E-state index in [1.165, 1.54) is 42.5 Å². The van der Waals surface area contributed by atoms with Crippen LogP contribution in [0.4, 0.5) is 15.8 Å². The van der Waals surface area contributed by atoms with Gasteiger partial charge >= 0.3 is 0 Å². The molecule has 0 atom stereocenters. The molecule has 8 heteroatoms. The number of hydrogen-bond acceptors (Lipinski definition) is 3. The number of hydrogen-bond donors (Lipinski definition) is 2. The van der Waals surface area contributed by atoms with E-state index in [4.69, 9.17) is 0 Å². The largest absolute Gasteiger partial charge is 0.319 e. The zero-order valence-electron chi connectivity index (χ0n) is 14.7. The van der Waals surface area contributed by atoms with Crippen LogP contribution in [-0.2, 0) is 10.0 Å². The molecule has 0 unspecified atom stereocenters. The van der Waals surface area contributed by atoms with Crippen LogP contribution < -0.4 is 10.0 Å². The predicted octanol–water partition coefficient (Wildman–Crippen LogP) is 4.95. The fourth-order valence-corrected chi connectivity index (χ4v) is 3.99. The second kappa shape index (κ2) is 8.12. The summed E-state index contributed by atoms with van der Waals surface area (Å²) in [5, 5.41) is 2.50. The van der Waals surface area contributed by atoms with Crippen molar-refractivity contribution in [1.82, 2.24) is 0 Å². The molecule has 0 saturated heterocycles. The van der Waals surface area contributed by atoms with Crippen LogP contribution >= 0.6 is 15.9 Å². The van der Waals surface area contributed by atoms with E-state index >= 15 is 0 Å². The van der Waals surface area contributed by atoms with E-state index in [-0.39, 0.29) is 16.1 Å². The number of sulfonamides is 1. The van der Waals surface area contributed by atoms with Gasteiger partial charge in [-0.3, -0.25) is 9.52 Å². The summed E-state index contributed by atoms with van der Waals surface area (Å²) in [5.74, 6) is -1.06. The Kier molecular flexibility index (Phi) is 5.81. The highest BCUT2D eigenvalue weighted by atomic mass is 79.9. The maximum Gasteiger partial charge on any atom is 0.261 e. The summed E-state index contributed by atoms with van der Waals surface area (Å²) in [4.78, 5) is 12.5. The van der Waals surface area contributed by atoms with Crippen LogP contribution in [0.1, 0.15) is 15.9 Å². The van der Waals surface area contributed by atoms with Crippen molar-refractivity contribution in [3.8, 4) is 0 Å². The molecule has 5 nitrogen and oxygen atoms in total. The number of carbonyl (C=O) groups excluding carboxylic acids is 1. The van der Waals surface area contributed by atoms with Crippen molar-refractivity contribution in [2.24, 2.45) is 0 Å². The van der Waals surface area contributed by atoms with E-state index in [1.807, 2.05) is 0 Å². The molecule has 0 radical (unpaired) electrons. The summed E-state index contributed by atoms with van der Waals surface area (Å²) >= 11 is 3.16. The van der Waals surface area contributed by atoms with Gasteiger partial charge in [-0.1, -0.05) is 34.1 Å². The van der Waals surface area contributed by atoms with Gasteiger partial charge < -0.3 is 5.32 Å². The fraction of sp³-hybridized carbons (Fsp3) is 0.0500. The maximum absolute atomic E-state index is 13.9. The molecule has 2 N–H and O–H groups in total. The number of halogens is 2. The van der Waals surface area contributed by atoms with Gasteiger partial charge in [0.25, 0.3) is 15.9 Å². The molecule has 0 aliphatic rings. The lowest BCUT2D eigenvalue weighted by molar-refractivity contribution is 0.102. The van der Waals surface area contributed by atoms with E-state index in [1.54, 1.807) is 31.2 Å². The first-order valence-corrected chi connectivity index (χ1v) is 10.5. The Labute approximate surface area is 170 Å². The first-order valence-electron chi connectivity index (χ1n) is 8.21. The summed E-state index contributed by atoms with van der Waals surface area (Å²) in [6, 6.07) is 16.8. The number of aryl methyl sites for hydroxylation is 1. The lowest BCUT2D eigenvalue weighted by atomic mass is 10.1. The Morgan fingerprint density at radius 3 is 2.29 bits per heavy atom. The molecule has 3 aromatic carbocycles. The Bertz CT molecular complexity index is 1140. The van der Waals surface area contributed by atoms with Crippen LogP contribution in [-0.4, -0.2) is 14.3 Å². The predicted molar refractivity (Wildman–Crippen MR) is 110 cm³/mol. The molecule has 0 bridgehead atoms. The SMILES string of the molecule is Cc1cc(C(=O)Nc2ccc(Br)cc2F)ccc1NS(=O)(=O)c1ccccc1. The molecule has 3 rings (SSSR count). The van der Waals surface area contributed by atoms with Gasteiger partial charge in [0.1, 0.15) is 5.82 Å². The zero-order valence-corrected chi connectivity index (χ0v) is 17.1. The topological polar surface area (TPSA) is 75.3 Å². The van der Waals surface area contributed by atoms with Crippen molar-refractivity contribution in [3.05, 3.63) is 88.1 Å². The fourth-order valence-electron chi connectivity index (χ4n) is 2.51. The van der Waals surface area contributed by atoms with E-state index < -0.39 is 21.7 Å². The van der Waals surface area contributed by atoms with Crippen molar-refractivity contribution in [3.63, 3.8) is 0 Å². The molecule has 0 saturated carbocycles. The van der Waals surface area contributed by atoms with Crippen molar-refractivity contribution >= 4 is 43.2 Å². The monoisotopic (exact) mass is 462 g/mol. The molecule has 0 aliphatic carbocycles. The second-order valence-electron chi connectivity index (χ2n) is 6.03. The van der Waals surface area contributed by atoms with Gasteiger partial charge in [-0.15, -0.1) is 0 Å². The van der Waals surface area contributed by atoms with Crippen molar-refractivity contribution in [1.29, 1.82) is 0 Å². The Morgan fingerprint density at radius 2 is 1.64 bits per heavy atom. The molecular formula is C20H16BrFN2O3S. The number of carbonyl (C=O) groups is 1. The van der Waals surface area contributed by atoms with Gasteiger partial charge in [-0.25, -0.2) is 12.8 Å². The van der Waals surface area contributed by atoms with Crippen LogP contribution in [0.2, 0.25) is 0 Å². The zero-order chi connectivity index (χ0) is 20.3. The third-order valence-corrected chi connectivity index (χ3v) is 5.84. The molecule has 1 amide bonds. The molecule has 3 aromatic rings. The number of nitrogens with one attached hydrogen (secondary N) is 2. The summed E-state index contributed by atoms with van der Waals surface area (Å²) in [6.07, 6.45) is 0. The minimum absolute atomic E-state index is 0.0553. The Morgan fingerprint density at radius 1 is 0.964 bits per heavy atom. The first-order chi connectivity index (χ1) is 13.3. The summed E-state index contributed by atoms with van der Waals surface area (Å²) in [7, 11) is -3.73. The number of benzene rings is 3. The second-order valence-corrected chi connectivity index (χ2v) is 8.62. The highest BCUT2D eigenvalue weighted by molar-refractivity contribution is 9.10. The number of amides is 1. The summed E-state index contributed by atoms with van der Waals surface area (Å²) in [6.45, 7) is 1.68. The first kappa shape index (κ1) is 20.0. The molecule has 0 aliphatic heterocycles. The highest BCUT2D eigenvalue weighted by Gasteiger charge is 2.16. The third-order valence-electron chi connectivity index (χ3n) is 3.97. The van der Waals surface area contributed by atoms with Gasteiger partial charge in [0.15, 0.2) is 0 Å². The molecule has 28 heavy (non-hydrogen) atoms. The quantitative estimate of drug-likeness (QED) is 0.563. The molecular weight excluding hydrogens is 447 g/mol. The maximum atomic E-state index is 13.9. The average Bonchev–Trinajstić information content (AvgIpc) is 2.66. The molecule has 0 aromatic heterocycles. The molecule has 0 spiro atoms. The normalized spacial score (nSPS) is 11.1. The van der Waals surface area contributed by atoms with E-state index in [0.29, 0.717) is 15.7 Å². The van der Waals surface area contributed by atoms with Crippen molar-refractivity contribution in [2.45, 2.75) is 11.8 Å². The van der Waals surface area contributed by atoms with Crippen molar-refractivity contribution < 1.29 is 17.6 Å². The van der Waals surface area contributed by atoms with Gasteiger partial charge in [-0.05, 0) is 61.0 Å². The lowest BCUT2D eigenvalue weighted by Crippen LogP contribution is -2.15. The minimum atomic E-state index is -3.73. The Balaban J connectivity index is 1.79. The number of anilines is 2.